The fourth-order valence-electron chi connectivity index (χ4n) is 1.63. The number of aromatic nitrogens is 2. The molecular formula is C12H24N4O2. The third-order valence-electron chi connectivity index (χ3n) is 2.88. The van der Waals surface area contributed by atoms with Crippen LogP contribution in [0.15, 0.2) is 4.42 Å². The zero-order valence-corrected chi connectivity index (χ0v) is 11.8. The van der Waals surface area contributed by atoms with Gasteiger partial charge >= 0.3 is 6.01 Å². The molecule has 1 aromatic heterocycles. The first-order valence-corrected chi connectivity index (χ1v) is 6.43. The van der Waals surface area contributed by atoms with Gasteiger partial charge in [0.15, 0.2) is 0 Å². The molecule has 0 aromatic carbocycles. The van der Waals surface area contributed by atoms with Crippen molar-refractivity contribution in [1.29, 1.82) is 0 Å². The molecule has 1 atom stereocenters. The maximum absolute atomic E-state index is 5.59. The van der Waals surface area contributed by atoms with Gasteiger partial charge in [-0.3, -0.25) is 0 Å². The van der Waals surface area contributed by atoms with Gasteiger partial charge in [-0.2, -0.15) is 0 Å². The number of nitrogens with zero attached hydrogens (tertiary/aromatic N) is 3. The van der Waals surface area contributed by atoms with Gasteiger partial charge < -0.3 is 19.4 Å². The van der Waals surface area contributed by atoms with Crippen LogP contribution in [0.25, 0.3) is 0 Å². The predicted octanol–water partition coefficient (Wildman–Crippen LogP) is 1.43. The Hall–Kier alpha value is -1.14. The van der Waals surface area contributed by atoms with E-state index in [2.05, 4.69) is 29.4 Å². The van der Waals surface area contributed by atoms with E-state index in [1.165, 1.54) is 0 Å². The van der Waals surface area contributed by atoms with Crippen LogP contribution in [0.4, 0.5) is 6.01 Å². The van der Waals surface area contributed by atoms with Crippen LogP contribution in [0.5, 0.6) is 0 Å². The molecule has 104 valence electrons. The maximum Gasteiger partial charge on any atom is 0.318 e. The summed E-state index contributed by atoms with van der Waals surface area (Å²) in [6.07, 6.45) is 2.26. The summed E-state index contributed by atoms with van der Waals surface area (Å²) in [4.78, 5) is 2.02. The van der Waals surface area contributed by atoms with Gasteiger partial charge in [-0.05, 0) is 13.3 Å². The number of rotatable bonds is 9. The monoisotopic (exact) mass is 256 g/mol. The van der Waals surface area contributed by atoms with Gasteiger partial charge in [0, 0.05) is 26.7 Å². The molecule has 0 saturated heterocycles. The van der Waals surface area contributed by atoms with Gasteiger partial charge in [-0.25, -0.2) is 0 Å². The minimum Gasteiger partial charge on any atom is -0.407 e. The van der Waals surface area contributed by atoms with Crippen molar-refractivity contribution >= 4 is 6.01 Å². The third-order valence-corrected chi connectivity index (χ3v) is 2.88. The van der Waals surface area contributed by atoms with Crippen molar-refractivity contribution in [2.45, 2.75) is 39.3 Å². The molecule has 0 aliphatic carbocycles. The van der Waals surface area contributed by atoms with Crippen LogP contribution in [-0.4, -0.2) is 43.5 Å². The van der Waals surface area contributed by atoms with E-state index in [9.17, 15) is 0 Å². The zero-order chi connectivity index (χ0) is 13.4. The number of methoxy groups -OCH3 is 1. The SMILES string of the molecule is CCCC(C)N(C)c1nnc(CNCCOC)o1. The average molecular weight is 256 g/mol. The van der Waals surface area contributed by atoms with Gasteiger partial charge in [-0.1, -0.05) is 18.4 Å². The van der Waals surface area contributed by atoms with Crippen LogP contribution >= 0.6 is 0 Å². The van der Waals surface area contributed by atoms with E-state index in [4.69, 9.17) is 9.15 Å². The summed E-state index contributed by atoms with van der Waals surface area (Å²) >= 11 is 0. The highest BCUT2D eigenvalue weighted by Crippen LogP contribution is 2.15. The Morgan fingerprint density at radius 1 is 1.44 bits per heavy atom. The Labute approximate surface area is 109 Å². The van der Waals surface area contributed by atoms with E-state index in [0.29, 0.717) is 31.1 Å². The van der Waals surface area contributed by atoms with Gasteiger partial charge in [0.05, 0.1) is 13.2 Å². The molecule has 0 spiro atoms. The predicted molar refractivity (Wildman–Crippen MR) is 70.7 cm³/mol. The molecule has 0 aliphatic heterocycles. The molecule has 0 saturated carbocycles. The quantitative estimate of drug-likeness (QED) is 0.674. The molecule has 0 fully saturated rings. The molecule has 1 aromatic rings. The van der Waals surface area contributed by atoms with Crippen molar-refractivity contribution < 1.29 is 9.15 Å². The molecule has 6 heteroatoms. The molecule has 1 N–H and O–H groups in total. The van der Waals surface area contributed by atoms with Gasteiger partial charge in [-0.15, -0.1) is 5.10 Å². The number of nitrogens with one attached hydrogen (secondary N) is 1. The van der Waals surface area contributed by atoms with E-state index in [-0.39, 0.29) is 0 Å². The lowest BCUT2D eigenvalue weighted by molar-refractivity contribution is 0.198. The van der Waals surface area contributed by atoms with E-state index < -0.39 is 0 Å². The Kier molecular flexibility index (Phi) is 6.67. The zero-order valence-electron chi connectivity index (χ0n) is 11.8. The van der Waals surface area contributed by atoms with Crippen molar-refractivity contribution in [3.63, 3.8) is 0 Å². The Morgan fingerprint density at radius 2 is 2.22 bits per heavy atom. The van der Waals surface area contributed by atoms with E-state index in [1.54, 1.807) is 7.11 Å². The Morgan fingerprint density at radius 3 is 2.89 bits per heavy atom. The molecule has 0 aliphatic rings. The second kappa shape index (κ2) is 8.05. The summed E-state index contributed by atoms with van der Waals surface area (Å²) in [5.74, 6) is 0.608. The highest BCUT2D eigenvalue weighted by molar-refractivity contribution is 5.23. The van der Waals surface area contributed by atoms with Crippen molar-refractivity contribution in [2.24, 2.45) is 0 Å². The van der Waals surface area contributed by atoms with Crippen LogP contribution in [-0.2, 0) is 11.3 Å². The molecule has 0 bridgehead atoms. The lowest BCUT2D eigenvalue weighted by atomic mass is 10.2. The van der Waals surface area contributed by atoms with Crippen molar-refractivity contribution in [3.8, 4) is 0 Å². The first kappa shape index (κ1) is 14.9. The summed E-state index contributed by atoms with van der Waals surface area (Å²) in [7, 11) is 3.66. The topological polar surface area (TPSA) is 63.4 Å². The smallest absolute Gasteiger partial charge is 0.318 e. The van der Waals surface area contributed by atoms with Crippen molar-refractivity contribution in [3.05, 3.63) is 5.89 Å². The summed E-state index contributed by atoms with van der Waals surface area (Å²) in [6, 6.07) is 0.990. The summed E-state index contributed by atoms with van der Waals surface area (Å²) in [6.45, 7) is 6.35. The second-order valence-corrected chi connectivity index (χ2v) is 4.40. The minimum absolute atomic E-state index is 0.407. The number of ether oxygens (including phenoxy) is 1. The molecule has 0 amide bonds. The largest absolute Gasteiger partial charge is 0.407 e. The Balaban J connectivity index is 2.41. The molecule has 1 rings (SSSR count). The van der Waals surface area contributed by atoms with Crippen LogP contribution in [0.3, 0.4) is 0 Å². The molecule has 0 radical (unpaired) electrons. The molecule has 18 heavy (non-hydrogen) atoms. The molecular weight excluding hydrogens is 232 g/mol. The molecule has 6 nitrogen and oxygen atoms in total. The van der Waals surface area contributed by atoms with Gasteiger partial charge in [0.1, 0.15) is 0 Å². The summed E-state index contributed by atoms with van der Waals surface area (Å²) in [5, 5.41) is 11.2. The summed E-state index contributed by atoms with van der Waals surface area (Å²) < 4.78 is 10.5. The van der Waals surface area contributed by atoms with Crippen LogP contribution in [0, 0.1) is 0 Å². The van der Waals surface area contributed by atoms with Crippen LogP contribution < -0.4 is 10.2 Å². The number of anilines is 1. The van der Waals surface area contributed by atoms with E-state index in [1.807, 2.05) is 11.9 Å². The number of hydrogen-bond donors (Lipinski definition) is 1. The lowest BCUT2D eigenvalue weighted by Crippen LogP contribution is -2.28. The van der Waals surface area contributed by atoms with Crippen LogP contribution in [0.2, 0.25) is 0 Å². The fraction of sp³-hybridized carbons (Fsp3) is 0.833. The standard InChI is InChI=1S/C12H24N4O2/c1-5-6-10(2)16(3)12-15-14-11(18-12)9-13-7-8-17-4/h10,13H,5-9H2,1-4H3. The molecule has 1 heterocycles. The van der Waals surface area contributed by atoms with Crippen molar-refractivity contribution in [2.75, 3.05) is 32.2 Å². The summed E-state index contributed by atoms with van der Waals surface area (Å²) in [5.41, 5.74) is 0. The second-order valence-electron chi connectivity index (χ2n) is 4.40. The van der Waals surface area contributed by atoms with Gasteiger partial charge in [0.2, 0.25) is 5.89 Å². The van der Waals surface area contributed by atoms with Gasteiger partial charge in [0.25, 0.3) is 0 Å². The average Bonchev–Trinajstić information content (AvgIpc) is 2.83. The fourth-order valence-corrected chi connectivity index (χ4v) is 1.63. The Bertz CT molecular complexity index is 330. The van der Waals surface area contributed by atoms with Crippen LogP contribution in [0.1, 0.15) is 32.6 Å². The normalized spacial score (nSPS) is 12.7. The first-order chi connectivity index (χ1) is 8.69. The first-order valence-electron chi connectivity index (χ1n) is 6.43. The van der Waals surface area contributed by atoms with E-state index >= 15 is 0 Å². The highest BCUT2D eigenvalue weighted by Gasteiger charge is 2.15. The third kappa shape index (κ3) is 4.62. The minimum atomic E-state index is 0.407. The van der Waals surface area contributed by atoms with Crippen molar-refractivity contribution in [1.82, 2.24) is 15.5 Å². The number of hydrogen-bond acceptors (Lipinski definition) is 6. The lowest BCUT2D eigenvalue weighted by Gasteiger charge is -2.21. The highest BCUT2D eigenvalue weighted by atomic mass is 16.5. The molecule has 1 unspecified atom stereocenters. The maximum atomic E-state index is 5.59. The van der Waals surface area contributed by atoms with E-state index in [0.717, 1.165) is 19.4 Å².